The first kappa shape index (κ1) is 29.2. The monoisotopic (exact) mass is 507 g/mol. The number of ether oxygens (including phenoxy) is 2. The van der Waals surface area contributed by atoms with Crippen LogP contribution in [0.3, 0.4) is 0 Å². The van der Waals surface area contributed by atoms with Gasteiger partial charge in [0, 0.05) is 16.8 Å². The molecule has 0 heterocycles. The number of hydrogen-bond donors (Lipinski definition) is 2. The van der Waals surface area contributed by atoms with Crippen LogP contribution in [0.25, 0.3) is 0 Å². The van der Waals surface area contributed by atoms with Crippen LogP contribution in [0, 0.1) is 12.3 Å². The molecule has 8 heteroatoms. The second kappa shape index (κ2) is 12.3. The van der Waals surface area contributed by atoms with Crippen LogP contribution in [-0.2, 0) is 14.3 Å². The fourth-order valence-electron chi connectivity index (χ4n) is 3.61. The molecule has 0 bridgehead atoms. The Bertz CT molecular complexity index is 1130. The van der Waals surface area contributed by atoms with E-state index in [0.717, 1.165) is 0 Å². The van der Waals surface area contributed by atoms with Crippen molar-refractivity contribution in [1.29, 1.82) is 0 Å². The van der Waals surface area contributed by atoms with Crippen LogP contribution in [0.15, 0.2) is 48.5 Å². The Balaban J connectivity index is 2.46. The van der Waals surface area contributed by atoms with Gasteiger partial charge in [0.25, 0.3) is 5.91 Å². The molecule has 0 saturated carbocycles. The highest BCUT2D eigenvalue weighted by Crippen LogP contribution is 2.32. The number of carbonyl (C=O) groups is 3. The number of anilines is 1. The van der Waals surface area contributed by atoms with Crippen LogP contribution in [0.2, 0.25) is 0 Å². The highest BCUT2D eigenvalue weighted by Gasteiger charge is 2.40. The van der Waals surface area contributed by atoms with Gasteiger partial charge in [-0.15, -0.1) is 6.42 Å². The van der Waals surface area contributed by atoms with E-state index < -0.39 is 35.1 Å². The summed E-state index contributed by atoms with van der Waals surface area (Å²) in [6.45, 7) is 10.6. The number of nitrogens with zero attached hydrogens (tertiary/aromatic N) is 1. The van der Waals surface area contributed by atoms with Crippen LogP contribution in [0.5, 0.6) is 5.75 Å². The van der Waals surface area contributed by atoms with Gasteiger partial charge in [-0.3, -0.25) is 9.59 Å². The third-order valence-electron chi connectivity index (χ3n) is 5.83. The average Bonchev–Trinajstić information content (AvgIpc) is 2.85. The number of amides is 3. The normalized spacial score (nSPS) is 12.1. The first-order valence-electron chi connectivity index (χ1n) is 12.1. The van der Waals surface area contributed by atoms with Gasteiger partial charge >= 0.3 is 6.09 Å². The van der Waals surface area contributed by atoms with Gasteiger partial charge in [0.1, 0.15) is 23.9 Å². The highest BCUT2D eigenvalue weighted by atomic mass is 16.6. The second-order valence-electron chi connectivity index (χ2n) is 10.2. The van der Waals surface area contributed by atoms with Gasteiger partial charge < -0.3 is 25.0 Å². The zero-order valence-corrected chi connectivity index (χ0v) is 22.7. The summed E-state index contributed by atoms with van der Waals surface area (Å²) in [6, 6.07) is 12.8. The van der Waals surface area contributed by atoms with Crippen LogP contribution in [-0.4, -0.2) is 47.6 Å². The number of hydrogen-bond acceptors (Lipinski definition) is 5. The van der Waals surface area contributed by atoms with Crippen LogP contribution >= 0.6 is 0 Å². The molecule has 1 atom stereocenters. The molecule has 0 aliphatic rings. The number of rotatable bonds is 9. The number of terminal acetylenes is 1. The summed E-state index contributed by atoms with van der Waals surface area (Å²) in [5, 5.41) is 5.42. The molecule has 2 N–H and O–H groups in total. The molecule has 0 radical (unpaired) electrons. The van der Waals surface area contributed by atoms with E-state index in [1.807, 2.05) is 20.8 Å². The van der Waals surface area contributed by atoms with Gasteiger partial charge in [0.05, 0.1) is 7.11 Å². The van der Waals surface area contributed by atoms with E-state index in [1.54, 1.807) is 76.4 Å². The number of methoxy groups -OCH3 is 1. The summed E-state index contributed by atoms with van der Waals surface area (Å²) in [5.41, 5.74) is 0.327. The smallest absolute Gasteiger partial charge is 0.408 e. The van der Waals surface area contributed by atoms with E-state index in [9.17, 15) is 14.4 Å². The van der Waals surface area contributed by atoms with Gasteiger partial charge in [0.15, 0.2) is 0 Å². The lowest BCUT2D eigenvalue weighted by Crippen LogP contribution is -2.55. The number of carbonyl (C=O) groups excluding carboxylic acids is 3. The van der Waals surface area contributed by atoms with Crippen molar-refractivity contribution in [2.75, 3.05) is 19.0 Å². The van der Waals surface area contributed by atoms with Crippen LogP contribution in [0.1, 0.15) is 65.1 Å². The Morgan fingerprint density at radius 3 is 2.08 bits per heavy atom. The maximum absolute atomic E-state index is 13.8. The SMILES string of the molecule is C#Cc1ccc(C(C(=O)Nc2ccc(OC)cc2)N(C(=O)CNC(=O)OC(C)(C)C)C(C)(C)CC)cc1. The number of benzene rings is 2. The lowest BCUT2D eigenvalue weighted by atomic mass is 9.92. The predicted molar refractivity (Wildman–Crippen MR) is 144 cm³/mol. The molecular formula is C29H37N3O5. The third kappa shape index (κ3) is 8.28. The minimum Gasteiger partial charge on any atom is -0.497 e. The van der Waals surface area contributed by atoms with Crippen LogP contribution < -0.4 is 15.4 Å². The summed E-state index contributed by atoms with van der Waals surface area (Å²) in [4.78, 5) is 41.1. The summed E-state index contributed by atoms with van der Waals surface area (Å²) in [7, 11) is 1.56. The van der Waals surface area contributed by atoms with E-state index in [1.165, 1.54) is 4.90 Å². The van der Waals surface area contributed by atoms with Crippen LogP contribution in [0.4, 0.5) is 10.5 Å². The molecule has 2 rings (SSSR count). The van der Waals surface area contributed by atoms with E-state index in [4.69, 9.17) is 15.9 Å². The van der Waals surface area contributed by atoms with Gasteiger partial charge in [-0.2, -0.15) is 0 Å². The minimum absolute atomic E-state index is 0.340. The molecule has 0 spiro atoms. The summed E-state index contributed by atoms with van der Waals surface area (Å²) < 4.78 is 10.5. The maximum atomic E-state index is 13.8. The van der Waals surface area contributed by atoms with Gasteiger partial charge in [-0.25, -0.2) is 4.79 Å². The van der Waals surface area contributed by atoms with E-state index in [-0.39, 0.29) is 6.54 Å². The summed E-state index contributed by atoms with van der Waals surface area (Å²) >= 11 is 0. The largest absolute Gasteiger partial charge is 0.497 e. The molecule has 3 amide bonds. The Morgan fingerprint density at radius 2 is 1.59 bits per heavy atom. The summed E-state index contributed by atoms with van der Waals surface area (Å²) in [6.07, 6.45) is 5.36. The van der Waals surface area contributed by atoms with Crippen molar-refractivity contribution in [3.05, 3.63) is 59.7 Å². The van der Waals surface area contributed by atoms with Crippen molar-refractivity contribution in [3.63, 3.8) is 0 Å². The van der Waals surface area contributed by atoms with Crippen molar-refractivity contribution in [2.24, 2.45) is 0 Å². The molecule has 2 aromatic carbocycles. The molecule has 1 unspecified atom stereocenters. The van der Waals surface area contributed by atoms with Crippen molar-refractivity contribution >= 4 is 23.6 Å². The van der Waals surface area contributed by atoms with Gasteiger partial charge in [-0.1, -0.05) is 25.0 Å². The Hall–Kier alpha value is -3.99. The topological polar surface area (TPSA) is 97.0 Å². The predicted octanol–water partition coefficient (Wildman–Crippen LogP) is 4.90. The average molecular weight is 508 g/mol. The van der Waals surface area contributed by atoms with E-state index >= 15 is 0 Å². The third-order valence-corrected chi connectivity index (χ3v) is 5.83. The molecule has 0 aromatic heterocycles. The standard InChI is InChI=1S/C29H37N3O5/c1-9-20-11-13-21(14-12-20)25(26(34)31-22-15-17-23(36-8)18-16-22)32(29(6,7)10-2)24(33)19-30-27(35)37-28(3,4)5/h1,11-18,25H,10,19H2,2-8H3,(H,30,35)(H,31,34). The number of alkyl carbamates (subject to hydrolysis) is 1. The van der Waals surface area contributed by atoms with E-state index in [2.05, 4.69) is 16.6 Å². The van der Waals surface area contributed by atoms with Crippen molar-refractivity contribution in [2.45, 2.75) is 65.1 Å². The molecule has 37 heavy (non-hydrogen) atoms. The second-order valence-corrected chi connectivity index (χ2v) is 10.2. The Labute approximate surface area is 219 Å². The lowest BCUT2D eigenvalue weighted by molar-refractivity contribution is -0.145. The molecule has 8 nitrogen and oxygen atoms in total. The minimum atomic E-state index is -1.00. The summed E-state index contributed by atoms with van der Waals surface area (Å²) in [5.74, 6) is 2.37. The maximum Gasteiger partial charge on any atom is 0.408 e. The zero-order chi connectivity index (χ0) is 27.8. The molecule has 0 aliphatic carbocycles. The fraction of sp³-hybridized carbons (Fsp3) is 0.414. The van der Waals surface area contributed by atoms with Gasteiger partial charge in [0.2, 0.25) is 5.91 Å². The lowest BCUT2D eigenvalue weighted by Gasteiger charge is -2.43. The van der Waals surface area contributed by atoms with Gasteiger partial charge in [-0.05, 0) is 83.0 Å². The molecule has 2 aromatic rings. The molecule has 0 saturated heterocycles. The van der Waals surface area contributed by atoms with Crippen molar-refractivity contribution in [3.8, 4) is 18.1 Å². The first-order chi connectivity index (χ1) is 17.3. The fourth-order valence-corrected chi connectivity index (χ4v) is 3.61. The Kier molecular flexibility index (Phi) is 9.73. The molecule has 0 aliphatic heterocycles. The zero-order valence-electron chi connectivity index (χ0n) is 22.7. The quantitative estimate of drug-likeness (QED) is 0.471. The Morgan fingerprint density at radius 1 is 1.00 bits per heavy atom. The highest BCUT2D eigenvalue weighted by molar-refractivity contribution is 5.98. The number of nitrogens with one attached hydrogen (secondary N) is 2. The molecule has 198 valence electrons. The van der Waals surface area contributed by atoms with Crippen molar-refractivity contribution < 1.29 is 23.9 Å². The molecular weight excluding hydrogens is 470 g/mol. The molecule has 0 fully saturated rings. The van der Waals surface area contributed by atoms with Crippen molar-refractivity contribution in [1.82, 2.24) is 10.2 Å². The van der Waals surface area contributed by atoms with E-state index in [0.29, 0.717) is 29.0 Å². The first-order valence-corrected chi connectivity index (χ1v) is 12.1.